The van der Waals surface area contributed by atoms with Gasteiger partial charge in [-0.15, -0.1) is 0 Å². The maximum atomic E-state index is 11.9. The zero-order chi connectivity index (χ0) is 15.4. The molecule has 4 nitrogen and oxygen atoms in total. The predicted molar refractivity (Wildman–Crippen MR) is 83.9 cm³/mol. The normalized spacial score (nSPS) is 12.2. The van der Waals surface area contributed by atoms with Crippen LogP contribution < -0.4 is 14.8 Å². The Hall–Kier alpha value is -2.49. The fraction of sp³-hybridized carbons (Fsp3) is 0.278. The van der Waals surface area contributed by atoms with Crippen molar-refractivity contribution < 1.29 is 14.3 Å². The van der Waals surface area contributed by atoms with Gasteiger partial charge in [-0.2, -0.15) is 0 Å². The Morgan fingerprint density at radius 2 is 1.95 bits per heavy atom. The lowest BCUT2D eigenvalue weighted by Crippen LogP contribution is -2.23. The van der Waals surface area contributed by atoms with Crippen molar-refractivity contribution in [3.05, 3.63) is 59.2 Å². The molecule has 0 spiro atoms. The molecule has 114 valence electrons. The number of amides is 1. The topological polar surface area (TPSA) is 47.6 Å². The highest BCUT2D eigenvalue weighted by Crippen LogP contribution is 2.32. The first-order valence-corrected chi connectivity index (χ1v) is 7.41. The molecule has 0 aliphatic carbocycles. The van der Waals surface area contributed by atoms with Gasteiger partial charge >= 0.3 is 0 Å². The zero-order valence-electron chi connectivity index (χ0n) is 12.6. The summed E-state index contributed by atoms with van der Waals surface area (Å²) in [5.41, 5.74) is 3.40. The van der Waals surface area contributed by atoms with E-state index in [1.54, 1.807) is 0 Å². The molecular weight excluding hydrogens is 278 g/mol. The molecule has 0 unspecified atom stereocenters. The molecule has 0 saturated carbocycles. The maximum Gasteiger partial charge on any atom is 0.231 e. The Morgan fingerprint density at radius 1 is 1.09 bits per heavy atom. The summed E-state index contributed by atoms with van der Waals surface area (Å²) in [6.45, 7) is 2.89. The van der Waals surface area contributed by atoms with E-state index in [1.807, 2.05) is 43.3 Å². The summed E-state index contributed by atoms with van der Waals surface area (Å²) in [4.78, 5) is 11.9. The van der Waals surface area contributed by atoms with Gasteiger partial charge in [0.1, 0.15) is 0 Å². The summed E-state index contributed by atoms with van der Waals surface area (Å²) in [7, 11) is 0. The minimum Gasteiger partial charge on any atom is -0.454 e. The standard InChI is InChI=1S/C18H19NO3/c1-13-3-2-4-15(9-13)11-19-18(20)8-6-14-5-7-16-17(10-14)22-12-21-16/h2-5,7,9-10H,6,8,11-12H2,1H3,(H,19,20). The smallest absolute Gasteiger partial charge is 0.231 e. The molecule has 1 aliphatic rings. The third-order valence-corrected chi connectivity index (χ3v) is 3.65. The highest BCUT2D eigenvalue weighted by molar-refractivity contribution is 5.76. The average molecular weight is 297 g/mol. The number of carbonyl (C=O) groups is 1. The van der Waals surface area contributed by atoms with Crippen LogP contribution in [0.3, 0.4) is 0 Å². The molecule has 0 bridgehead atoms. The summed E-state index contributed by atoms with van der Waals surface area (Å²) >= 11 is 0. The van der Waals surface area contributed by atoms with Crippen LogP contribution in [0, 0.1) is 6.92 Å². The number of hydrogen-bond acceptors (Lipinski definition) is 3. The van der Waals surface area contributed by atoms with Crippen molar-refractivity contribution in [1.82, 2.24) is 5.32 Å². The zero-order valence-corrected chi connectivity index (χ0v) is 12.6. The van der Waals surface area contributed by atoms with Gasteiger partial charge in [-0.25, -0.2) is 0 Å². The van der Waals surface area contributed by atoms with Gasteiger partial charge < -0.3 is 14.8 Å². The fourth-order valence-corrected chi connectivity index (χ4v) is 2.47. The highest BCUT2D eigenvalue weighted by Gasteiger charge is 2.13. The maximum absolute atomic E-state index is 11.9. The lowest BCUT2D eigenvalue weighted by Gasteiger charge is -2.07. The highest BCUT2D eigenvalue weighted by atomic mass is 16.7. The SMILES string of the molecule is Cc1cccc(CNC(=O)CCc2ccc3c(c2)OCO3)c1. The molecule has 3 rings (SSSR count). The summed E-state index contributed by atoms with van der Waals surface area (Å²) < 4.78 is 10.6. The van der Waals surface area contributed by atoms with Gasteiger partial charge in [0, 0.05) is 13.0 Å². The van der Waals surface area contributed by atoms with E-state index in [1.165, 1.54) is 5.56 Å². The summed E-state index contributed by atoms with van der Waals surface area (Å²) in [6.07, 6.45) is 1.15. The van der Waals surface area contributed by atoms with E-state index in [4.69, 9.17) is 9.47 Å². The van der Waals surface area contributed by atoms with Gasteiger partial charge in [0.05, 0.1) is 0 Å². The number of fused-ring (bicyclic) bond motifs is 1. The Bertz CT molecular complexity index is 682. The van der Waals surface area contributed by atoms with Crippen molar-refractivity contribution in [1.29, 1.82) is 0 Å². The van der Waals surface area contributed by atoms with Gasteiger partial charge in [-0.05, 0) is 36.6 Å². The molecule has 22 heavy (non-hydrogen) atoms. The van der Waals surface area contributed by atoms with Gasteiger partial charge in [0.25, 0.3) is 0 Å². The fourth-order valence-electron chi connectivity index (χ4n) is 2.47. The lowest BCUT2D eigenvalue weighted by atomic mass is 10.1. The number of hydrogen-bond donors (Lipinski definition) is 1. The van der Waals surface area contributed by atoms with Crippen molar-refractivity contribution in [2.45, 2.75) is 26.3 Å². The van der Waals surface area contributed by atoms with Crippen molar-refractivity contribution in [3.8, 4) is 11.5 Å². The van der Waals surface area contributed by atoms with E-state index < -0.39 is 0 Å². The molecule has 1 heterocycles. The van der Waals surface area contributed by atoms with E-state index in [9.17, 15) is 4.79 Å². The van der Waals surface area contributed by atoms with Crippen LogP contribution in [0.5, 0.6) is 11.5 Å². The van der Waals surface area contributed by atoms with Crippen molar-refractivity contribution >= 4 is 5.91 Å². The monoisotopic (exact) mass is 297 g/mol. The number of carbonyl (C=O) groups excluding carboxylic acids is 1. The first-order valence-electron chi connectivity index (χ1n) is 7.41. The van der Waals surface area contributed by atoms with Gasteiger partial charge in [-0.1, -0.05) is 35.9 Å². The molecule has 2 aromatic carbocycles. The summed E-state index contributed by atoms with van der Waals surface area (Å²) in [5.74, 6) is 1.59. The van der Waals surface area contributed by atoms with Crippen molar-refractivity contribution in [3.63, 3.8) is 0 Å². The van der Waals surface area contributed by atoms with Crippen LogP contribution in [0.15, 0.2) is 42.5 Å². The third kappa shape index (κ3) is 3.58. The minimum atomic E-state index is 0.0548. The Balaban J connectivity index is 1.48. The number of aryl methyl sites for hydroxylation is 2. The number of rotatable bonds is 5. The molecule has 0 atom stereocenters. The quantitative estimate of drug-likeness (QED) is 0.923. The molecule has 1 N–H and O–H groups in total. The molecule has 0 saturated heterocycles. The van der Waals surface area contributed by atoms with E-state index in [2.05, 4.69) is 11.4 Å². The van der Waals surface area contributed by atoms with E-state index in [0.717, 1.165) is 22.6 Å². The van der Waals surface area contributed by atoms with Crippen LogP contribution in [-0.4, -0.2) is 12.7 Å². The van der Waals surface area contributed by atoms with E-state index >= 15 is 0 Å². The number of nitrogens with one attached hydrogen (secondary N) is 1. The van der Waals surface area contributed by atoms with Crippen LogP contribution in [0.4, 0.5) is 0 Å². The largest absolute Gasteiger partial charge is 0.454 e. The van der Waals surface area contributed by atoms with Crippen LogP contribution in [0.2, 0.25) is 0 Å². The average Bonchev–Trinajstić information content (AvgIpc) is 2.98. The van der Waals surface area contributed by atoms with Gasteiger partial charge in [0.15, 0.2) is 11.5 Å². The molecule has 0 radical (unpaired) electrons. The second-order valence-electron chi connectivity index (χ2n) is 5.45. The Morgan fingerprint density at radius 3 is 2.82 bits per heavy atom. The van der Waals surface area contributed by atoms with Crippen molar-refractivity contribution in [2.24, 2.45) is 0 Å². The lowest BCUT2D eigenvalue weighted by molar-refractivity contribution is -0.121. The van der Waals surface area contributed by atoms with E-state index in [0.29, 0.717) is 19.4 Å². The Labute approximate surface area is 130 Å². The third-order valence-electron chi connectivity index (χ3n) is 3.65. The van der Waals surface area contributed by atoms with E-state index in [-0.39, 0.29) is 12.7 Å². The van der Waals surface area contributed by atoms with Gasteiger partial charge in [0.2, 0.25) is 12.7 Å². The molecule has 0 aromatic heterocycles. The van der Waals surface area contributed by atoms with Crippen molar-refractivity contribution in [2.75, 3.05) is 6.79 Å². The Kier molecular flexibility index (Phi) is 4.28. The summed E-state index contributed by atoms with van der Waals surface area (Å²) in [6, 6.07) is 14.0. The number of benzene rings is 2. The second-order valence-corrected chi connectivity index (χ2v) is 5.45. The minimum absolute atomic E-state index is 0.0548. The first-order chi connectivity index (χ1) is 10.7. The molecular formula is C18H19NO3. The predicted octanol–water partition coefficient (Wildman–Crippen LogP) is 2.97. The van der Waals surface area contributed by atoms with Crippen LogP contribution in [-0.2, 0) is 17.8 Å². The van der Waals surface area contributed by atoms with Crippen LogP contribution in [0.25, 0.3) is 0 Å². The molecule has 4 heteroatoms. The molecule has 0 fully saturated rings. The summed E-state index contributed by atoms with van der Waals surface area (Å²) in [5, 5.41) is 2.95. The number of ether oxygens (including phenoxy) is 2. The van der Waals surface area contributed by atoms with Crippen LogP contribution >= 0.6 is 0 Å². The van der Waals surface area contributed by atoms with Crippen LogP contribution in [0.1, 0.15) is 23.1 Å². The second kappa shape index (κ2) is 6.52. The molecule has 1 amide bonds. The first kappa shape index (κ1) is 14.4. The molecule has 2 aromatic rings. The molecule has 1 aliphatic heterocycles. The van der Waals surface area contributed by atoms with Gasteiger partial charge in [-0.3, -0.25) is 4.79 Å².